The molecule has 0 saturated carbocycles. The maximum atomic E-state index is 9.33. The van der Waals surface area contributed by atoms with E-state index in [4.69, 9.17) is 27.7 Å². The largest absolute Gasteiger partial charge is 0.456 e. The van der Waals surface area contributed by atoms with Crippen molar-refractivity contribution in [3.63, 3.8) is 0 Å². The van der Waals surface area contributed by atoms with Crippen LogP contribution in [0, 0.1) is 0 Å². The fraction of sp³-hybridized carbons (Fsp3) is 0.0526. The topological polar surface area (TPSA) is 13.1 Å². The summed E-state index contributed by atoms with van der Waals surface area (Å²) < 4.78 is 198. The minimum absolute atomic E-state index is 0.241. The van der Waals surface area contributed by atoms with Gasteiger partial charge in [0.1, 0.15) is 11.2 Å². The first kappa shape index (κ1) is 9.39. The highest BCUT2D eigenvalue weighted by Gasteiger charge is 2.16. The van der Waals surface area contributed by atoms with Crippen molar-refractivity contribution in [3.05, 3.63) is 155 Å². The van der Waals surface area contributed by atoms with Crippen LogP contribution in [0.25, 0.3) is 54.3 Å². The van der Waals surface area contributed by atoms with Gasteiger partial charge in [-0.15, -0.1) is 0 Å². The van der Waals surface area contributed by atoms with Gasteiger partial charge in [-0.05, 0) is 85.5 Å². The highest BCUT2D eigenvalue weighted by molar-refractivity contribution is 6.07. The predicted octanol–water partition coefficient (Wildman–Crippen LogP) is 10.2. The second-order valence-electron chi connectivity index (χ2n) is 8.78. The van der Waals surface area contributed by atoms with E-state index in [1.165, 1.54) is 0 Å². The third-order valence-electron chi connectivity index (χ3n) is 6.53. The van der Waals surface area contributed by atoms with Gasteiger partial charge in [0.25, 0.3) is 0 Å². The lowest BCUT2D eigenvalue weighted by molar-refractivity contribution is 0.669. The average molecular weight is 521 g/mol. The van der Waals surface area contributed by atoms with Crippen LogP contribution in [0.1, 0.15) is 52.4 Å². The molecule has 8 rings (SSSR count). The van der Waals surface area contributed by atoms with E-state index in [0.717, 1.165) is 0 Å². The highest BCUT2D eigenvalue weighted by Crippen LogP contribution is 2.37. The Hall–Kier alpha value is -4.88. The molecule has 1 heteroatoms. The summed E-state index contributed by atoms with van der Waals surface area (Å²) in [5, 5.41) is -2.77. The van der Waals surface area contributed by atoms with Gasteiger partial charge in [-0.3, -0.25) is 0 Å². The summed E-state index contributed by atoms with van der Waals surface area (Å²) in [6, 6.07) is -15.2. The van der Waals surface area contributed by atoms with E-state index in [-0.39, 0.29) is 60.2 Å². The molecular formula is C38H26O. The Labute approximate surface area is 257 Å². The van der Waals surface area contributed by atoms with Crippen molar-refractivity contribution in [3.8, 4) is 0 Å². The molecule has 0 unspecified atom stereocenters. The van der Waals surface area contributed by atoms with Gasteiger partial charge in [0.05, 0.1) is 30.2 Å². The number of benzene rings is 7. The lowest BCUT2D eigenvalue weighted by Gasteiger charge is -2.17. The number of rotatable bonds is 4. The normalized spacial score (nSPS) is 19.7. The van der Waals surface area contributed by atoms with Crippen LogP contribution in [0.4, 0.5) is 0 Å². The molecule has 1 heterocycles. The molecule has 0 radical (unpaired) electrons. The Balaban J connectivity index is 1.56. The number of hydrogen-bond donors (Lipinski definition) is 0. The zero-order chi connectivity index (χ0) is 44.9. The summed E-state index contributed by atoms with van der Waals surface area (Å²) in [5.74, 6) is 0. The van der Waals surface area contributed by atoms with Crippen LogP contribution in [0.3, 0.4) is 0 Å². The van der Waals surface area contributed by atoms with E-state index in [1.54, 1.807) is 0 Å². The Morgan fingerprint density at radius 3 is 1.56 bits per heavy atom. The molecule has 0 aliphatic heterocycles. The van der Waals surface area contributed by atoms with Gasteiger partial charge in [0.2, 0.25) is 0 Å². The molecule has 7 aromatic carbocycles. The third-order valence-corrected chi connectivity index (χ3v) is 6.53. The SMILES string of the molecule is [2H]c1c([2H])c([2H])c2c(oc3c([2H])c([2H])c(Cc4c5c([2H])c([2H])c([2H])c([2H])c5c(Cc5c([2H])c([2H])c6c([2H])c([2H])c([2H])c([2H])c6c5[2H])c5c([2H])c([2H])c([2H])c([2H])c45)c([2H])c32)c1[2H]. The van der Waals surface area contributed by atoms with Crippen molar-refractivity contribution in [1.29, 1.82) is 0 Å². The molecule has 8 aromatic rings. The maximum absolute atomic E-state index is 9.33. The summed E-state index contributed by atoms with van der Waals surface area (Å²) in [7, 11) is 0. The first-order valence-corrected chi connectivity index (χ1v) is 11.8. The Kier molecular flexibility index (Phi) is 2.13. The van der Waals surface area contributed by atoms with E-state index in [9.17, 15) is 6.85 Å². The van der Waals surface area contributed by atoms with Gasteiger partial charge >= 0.3 is 0 Å². The average Bonchev–Trinajstić information content (AvgIpc) is 3.65. The summed E-state index contributed by atoms with van der Waals surface area (Å²) in [4.78, 5) is 0. The van der Waals surface area contributed by atoms with Crippen molar-refractivity contribution in [2.24, 2.45) is 0 Å². The Morgan fingerprint density at radius 2 is 0.897 bits per heavy atom. The van der Waals surface area contributed by atoms with Crippen LogP contribution in [-0.2, 0) is 12.8 Å². The van der Waals surface area contributed by atoms with Gasteiger partial charge in [-0.2, -0.15) is 0 Å². The molecule has 0 amide bonds. The van der Waals surface area contributed by atoms with Gasteiger partial charge in [0.15, 0.2) is 0 Å². The van der Waals surface area contributed by atoms with Crippen molar-refractivity contribution in [2.75, 3.05) is 0 Å². The molecular weight excluding hydrogens is 472 g/mol. The van der Waals surface area contributed by atoms with Crippen LogP contribution in [0.5, 0.6) is 0 Å². The van der Waals surface area contributed by atoms with E-state index < -0.39 is 162 Å². The van der Waals surface area contributed by atoms with Gasteiger partial charge in [0, 0.05) is 10.8 Å². The number of furan rings is 1. The van der Waals surface area contributed by atoms with E-state index in [0.29, 0.717) is 0 Å². The van der Waals surface area contributed by atoms with Crippen LogP contribution in [-0.4, -0.2) is 0 Å². The molecule has 0 atom stereocenters. The van der Waals surface area contributed by atoms with E-state index in [1.807, 2.05) is 0 Å². The molecule has 1 nitrogen and oxygen atoms in total. The van der Waals surface area contributed by atoms with Crippen molar-refractivity contribution >= 4 is 54.3 Å². The second-order valence-corrected chi connectivity index (χ2v) is 8.78. The zero-order valence-electron chi connectivity index (χ0n) is 41.8. The molecule has 0 aliphatic carbocycles. The Bertz CT molecular complexity index is 3310. The van der Waals surface area contributed by atoms with Crippen molar-refractivity contribution in [1.82, 2.24) is 0 Å². The molecule has 0 N–H and O–H groups in total. The van der Waals surface area contributed by atoms with E-state index in [2.05, 4.69) is 0 Å². The van der Waals surface area contributed by atoms with Gasteiger partial charge in [-0.1, -0.05) is 115 Å². The second kappa shape index (κ2) is 8.85. The van der Waals surface area contributed by atoms with Crippen LogP contribution in [0.15, 0.2) is 137 Å². The maximum Gasteiger partial charge on any atom is 0.135 e. The number of hydrogen-bond acceptors (Lipinski definition) is 1. The fourth-order valence-electron chi connectivity index (χ4n) is 4.83. The molecule has 184 valence electrons. The van der Waals surface area contributed by atoms with Crippen LogP contribution >= 0.6 is 0 Å². The smallest absolute Gasteiger partial charge is 0.135 e. The molecule has 1 aromatic heterocycles. The van der Waals surface area contributed by atoms with Gasteiger partial charge in [-0.25, -0.2) is 0 Å². The van der Waals surface area contributed by atoms with Crippen LogP contribution < -0.4 is 0 Å². The standard InChI is InChI=1S/C38H26O/c1-2-10-28-21-25(17-19-27(28)9-1)22-34-29-11-3-5-13-31(29)35(32-14-6-4-12-30(32)34)23-26-18-20-38-36(24-26)33-15-7-8-16-37(33)39-38/h1-21,24H,22-23H2/i1D,2D,3D,4D,5D,6D,7D,8D,9D,10D,11D,12D,13D,14D,15D,16D,17D,18D,19D,20D,21D,24D. The minimum Gasteiger partial charge on any atom is -0.456 e. The van der Waals surface area contributed by atoms with Crippen LogP contribution in [0.2, 0.25) is 0 Å². The minimum atomic E-state index is -0.785. The summed E-state index contributed by atoms with van der Waals surface area (Å²) in [6.45, 7) is 0. The quantitative estimate of drug-likeness (QED) is 0.210. The first-order chi connectivity index (χ1) is 28.5. The lowest BCUT2D eigenvalue weighted by atomic mass is 9.86. The molecule has 0 saturated heterocycles. The summed E-state index contributed by atoms with van der Waals surface area (Å²) in [6.07, 6.45) is -1.42. The fourth-order valence-corrected chi connectivity index (χ4v) is 4.83. The first-order valence-electron chi connectivity index (χ1n) is 22.8. The number of fused-ring (bicyclic) bond motifs is 6. The molecule has 0 aliphatic rings. The monoisotopic (exact) mass is 520 g/mol. The molecule has 0 fully saturated rings. The van der Waals surface area contributed by atoms with Gasteiger partial charge < -0.3 is 4.42 Å². The molecule has 0 spiro atoms. The van der Waals surface area contributed by atoms with Crippen molar-refractivity contribution in [2.45, 2.75) is 12.8 Å². The molecule has 39 heavy (non-hydrogen) atoms. The summed E-state index contributed by atoms with van der Waals surface area (Å²) in [5.41, 5.74) is -1.96. The highest BCUT2D eigenvalue weighted by atomic mass is 16.3. The third kappa shape index (κ3) is 3.70. The van der Waals surface area contributed by atoms with E-state index >= 15 is 0 Å². The predicted molar refractivity (Wildman–Crippen MR) is 165 cm³/mol. The number of para-hydroxylation sites is 1. The lowest BCUT2D eigenvalue weighted by Crippen LogP contribution is -1.98. The zero-order valence-corrected chi connectivity index (χ0v) is 19.8. The van der Waals surface area contributed by atoms with Crippen molar-refractivity contribution < 1.29 is 34.6 Å². The molecule has 0 bridgehead atoms. The Morgan fingerprint density at radius 1 is 0.410 bits per heavy atom. The summed E-state index contributed by atoms with van der Waals surface area (Å²) >= 11 is 0.